The average Bonchev–Trinajstić information content (AvgIpc) is 3.23. The van der Waals surface area contributed by atoms with Crippen LogP contribution in [0.25, 0.3) is 5.69 Å². The number of nitrogens with zero attached hydrogens (tertiary/aromatic N) is 4. The zero-order valence-corrected chi connectivity index (χ0v) is 17.0. The van der Waals surface area contributed by atoms with Gasteiger partial charge in [-0.3, -0.25) is 14.4 Å². The molecule has 168 valence electrons. The van der Waals surface area contributed by atoms with Crippen LogP contribution in [0.4, 0.5) is 13.2 Å². The summed E-state index contributed by atoms with van der Waals surface area (Å²) in [4.78, 5) is 29.1. The summed E-state index contributed by atoms with van der Waals surface area (Å²) >= 11 is 0. The number of unbranched alkanes of at least 4 members (excludes halogenated alkanes) is 1. The molecule has 2 rings (SSSR count). The zero-order chi connectivity index (χ0) is 23.0. The summed E-state index contributed by atoms with van der Waals surface area (Å²) in [5.74, 6) is -1.26. The summed E-state index contributed by atoms with van der Waals surface area (Å²) in [5.41, 5.74) is 0.314. The van der Waals surface area contributed by atoms with Crippen LogP contribution in [0.5, 0.6) is 5.75 Å². The van der Waals surface area contributed by atoms with E-state index in [1.54, 1.807) is 6.08 Å². The zero-order valence-electron chi connectivity index (χ0n) is 17.0. The normalized spacial score (nSPS) is 11.1. The molecule has 0 saturated heterocycles. The Bertz CT molecular complexity index is 930. The lowest BCUT2D eigenvalue weighted by atomic mass is 10.1. The number of benzene rings is 1. The maximum atomic E-state index is 12.4. The van der Waals surface area contributed by atoms with Crippen molar-refractivity contribution in [2.24, 2.45) is 0 Å². The second kappa shape index (κ2) is 10.6. The number of nitrogens with one attached hydrogen (secondary N) is 1. The van der Waals surface area contributed by atoms with Crippen LogP contribution in [0.3, 0.4) is 0 Å². The highest BCUT2D eigenvalue weighted by Gasteiger charge is 2.28. The highest BCUT2D eigenvalue weighted by Crippen LogP contribution is 2.25. The van der Waals surface area contributed by atoms with E-state index in [1.807, 2.05) is 5.32 Å². The minimum absolute atomic E-state index is 0.00560. The molecule has 9 nitrogen and oxygen atoms in total. The van der Waals surface area contributed by atoms with Crippen molar-refractivity contribution in [1.29, 1.82) is 0 Å². The first-order valence-corrected chi connectivity index (χ1v) is 9.14. The van der Waals surface area contributed by atoms with Gasteiger partial charge in [-0.25, -0.2) is 9.75 Å². The van der Waals surface area contributed by atoms with Gasteiger partial charge in [0.15, 0.2) is 5.69 Å². The fraction of sp³-hybridized carbons (Fsp3) is 0.368. The Labute approximate surface area is 176 Å². The standard InChI is InChI=1S/C19H22F3N5O4/c1-4-5-6-9-31-16-10-13(17(28)23-12-19(20,21)22)7-8-15(16)27-11-14(24-25-27)18(29)26(2)30-3/h4,7-8,10-11H,1,5-6,9,12H2,2-3H3,(H,23,28). The number of carbonyl (C=O) groups excluding carboxylic acids is 2. The number of alkyl halides is 3. The fourth-order valence-corrected chi connectivity index (χ4v) is 2.38. The lowest BCUT2D eigenvalue weighted by Gasteiger charge is -2.14. The lowest BCUT2D eigenvalue weighted by molar-refractivity contribution is -0.123. The van der Waals surface area contributed by atoms with Gasteiger partial charge < -0.3 is 10.1 Å². The number of ether oxygens (including phenoxy) is 1. The number of aromatic nitrogens is 3. The molecule has 0 unspecified atom stereocenters. The van der Waals surface area contributed by atoms with Crippen molar-refractivity contribution in [3.63, 3.8) is 0 Å². The minimum Gasteiger partial charge on any atom is -0.491 e. The third kappa shape index (κ3) is 6.81. The van der Waals surface area contributed by atoms with Crippen molar-refractivity contribution in [2.75, 3.05) is 27.3 Å². The predicted octanol–water partition coefficient (Wildman–Crippen LogP) is 2.54. The first kappa shape index (κ1) is 23.9. The van der Waals surface area contributed by atoms with Gasteiger partial charge in [0.05, 0.1) is 19.9 Å². The summed E-state index contributed by atoms with van der Waals surface area (Å²) in [5, 5.41) is 10.5. The number of amides is 2. The molecule has 0 aliphatic rings. The van der Waals surface area contributed by atoms with Crippen LogP contribution in [-0.2, 0) is 4.84 Å². The van der Waals surface area contributed by atoms with Gasteiger partial charge in [0.25, 0.3) is 11.8 Å². The molecule has 0 aliphatic heterocycles. The molecular formula is C19H22F3N5O4. The first-order valence-electron chi connectivity index (χ1n) is 9.14. The summed E-state index contributed by atoms with van der Waals surface area (Å²) in [6.07, 6.45) is -0.154. The summed E-state index contributed by atoms with van der Waals surface area (Å²) in [6.45, 7) is 2.43. The Balaban J connectivity index is 2.31. The molecule has 0 aliphatic carbocycles. The number of carbonyl (C=O) groups is 2. The van der Waals surface area contributed by atoms with E-state index in [4.69, 9.17) is 9.57 Å². The van der Waals surface area contributed by atoms with Crippen LogP contribution in [0.2, 0.25) is 0 Å². The molecule has 0 saturated carbocycles. The third-order valence-corrected chi connectivity index (χ3v) is 4.00. The number of hydroxylamine groups is 2. The van der Waals surface area contributed by atoms with Gasteiger partial charge in [0.2, 0.25) is 0 Å². The molecule has 31 heavy (non-hydrogen) atoms. The average molecular weight is 441 g/mol. The Morgan fingerprint density at radius 3 is 2.74 bits per heavy atom. The van der Waals surface area contributed by atoms with E-state index in [2.05, 4.69) is 16.9 Å². The second-order valence-corrected chi connectivity index (χ2v) is 6.29. The van der Waals surface area contributed by atoms with Gasteiger partial charge >= 0.3 is 6.18 Å². The maximum absolute atomic E-state index is 12.4. The van der Waals surface area contributed by atoms with Crippen LogP contribution in [0.1, 0.15) is 33.7 Å². The Morgan fingerprint density at radius 2 is 2.10 bits per heavy atom. The molecule has 0 radical (unpaired) electrons. The highest BCUT2D eigenvalue weighted by molar-refractivity contribution is 5.95. The van der Waals surface area contributed by atoms with Gasteiger partial charge in [0.1, 0.15) is 18.0 Å². The van der Waals surface area contributed by atoms with Crippen molar-refractivity contribution in [3.05, 3.63) is 48.3 Å². The van der Waals surface area contributed by atoms with E-state index in [0.717, 1.165) is 5.06 Å². The van der Waals surface area contributed by atoms with Gasteiger partial charge in [-0.15, -0.1) is 11.7 Å². The van der Waals surface area contributed by atoms with Crippen molar-refractivity contribution in [1.82, 2.24) is 25.4 Å². The number of rotatable bonds is 10. The van der Waals surface area contributed by atoms with E-state index < -0.39 is 24.5 Å². The quantitative estimate of drug-likeness (QED) is 0.346. The highest BCUT2D eigenvalue weighted by atomic mass is 19.4. The molecule has 12 heteroatoms. The number of allylic oxidation sites excluding steroid dienone is 1. The first-order chi connectivity index (χ1) is 14.7. The van der Waals surface area contributed by atoms with E-state index in [0.29, 0.717) is 18.5 Å². The van der Waals surface area contributed by atoms with Crippen molar-refractivity contribution in [2.45, 2.75) is 19.0 Å². The molecule has 2 amide bonds. The SMILES string of the molecule is C=CCCCOc1cc(C(=O)NCC(F)(F)F)ccc1-n1cc(C(=O)N(C)OC)nn1. The summed E-state index contributed by atoms with van der Waals surface area (Å²) < 4.78 is 44.1. The van der Waals surface area contributed by atoms with Gasteiger partial charge in [-0.1, -0.05) is 11.3 Å². The van der Waals surface area contributed by atoms with E-state index in [1.165, 1.54) is 43.2 Å². The van der Waals surface area contributed by atoms with Crippen molar-refractivity contribution < 1.29 is 32.3 Å². The van der Waals surface area contributed by atoms with Crippen molar-refractivity contribution in [3.8, 4) is 11.4 Å². The molecule has 2 aromatic rings. The molecule has 1 aromatic carbocycles. The van der Waals surface area contributed by atoms with E-state index in [-0.39, 0.29) is 23.6 Å². The topological polar surface area (TPSA) is 98.6 Å². The molecule has 1 aromatic heterocycles. The number of hydrogen-bond donors (Lipinski definition) is 1. The number of hydrogen-bond acceptors (Lipinski definition) is 6. The minimum atomic E-state index is -4.53. The molecular weight excluding hydrogens is 419 g/mol. The molecule has 1 N–H and O–H groups in total. The third-order valence-electron chi connectivity index (χ3n) is 4.00. The fourth-order valence-electron chi connectivity index (χ4n) is 2.38. The number of halogens is 3. The summed E-state index contributed by atoms with van der Waals surface area (Å²) in [7, 11) is 2.73. The monoisotopic (exact) mass is 441 g/mol. The van der Waals surface area contributed by atoms with Gasteiger partial charge in [-0.2, -0.15) is 13.2 Å². The molecule has 0 spiro atoms. The van der Waals surface area contributed by atoms with Gasteiger partial charge in [-0.05, 0) is 31.0 Å². The van der Waals surface area contributed by atoms with Crippen LogP contribution in [0.15, 0.2) is 37.1 Å². The lowest BCUT2D eigenvalue weighted by Crippen LogP contribution is -2.33. The van der Waals surface area contributed by atoms with Crippen LogP contribution < -0.4 is 10.1 Å². The molecule has 0 atom stereocenters. The largest absolute Gasteiger partial charge is 0.491 e. The molecule has 1 heterocycles. The molecule has 0 bridgehead atoms. The van der Waals surface area contributed by atoms with Crippen LogP contribution in [0, 0.1) is 0 Å². The van der Waals surface area contributed by atoms with E-state index in [9.17, 15) is 22.8 Å². The van der Waals surface area contributed by atoms with Crippen molar-refractivity contribution >= 4 is 11.8 Å². The van der Waals surface area contributed by atoms with Gasteiger partial charge in [0, 0.05) is 12.6 Å². The van der Waals surface area contributed by atoms with Crippen LogP contribution in [-0.4, -0.2) is 65.4 Å². The van der Waals surface area contributed by atoms with E-state index >= 15 is 0 Å². The molecule has 0 fully saturated rings. The maximum Gasteiger partial charge on any atom is 0.405 e. The smallest absolute Gasteiger partial charge is 0.405 e. The predicted molar refractivity (Wildman–Crippen MR) is 104 cm³/mol. The second-order valence-electron chi connectivity index (χ2n) is 6.29. The Morgan fingerprint density at radius 1 is 1.35 bits per heavy atom. The summed E-state index contributed by atoms with van der Waals surface area (Å²) in [6, 6.07) is 4.07. The Hall–Kier alpha value is -3.41. The van der Waals surface area contributed by atoms with Crippen LogP contribution >= 0.6 is 0 Å². The Kier molecular flexibility index (Phi) is 8.14.